The molecule has 0 aromatic heterocycles. The van der Waals surface area contributed by atoms with Crippen molar-refractivity contribution in [1.29, 1.82) is 0 Å². The second kappa shape index (κ2) is 9.74. The fraction of sp³-hybridized carbons (Fsp3) is 0.529. The van der Waals surface area contributed by atoms with Gasteiger partial charge < -0.3 is 5.32 Å². The molecule has 18 heavy (non-hydrogen) atoms. The highest BCUT2D eigenvalue weighted by Crippen LogP contribution is 2.08. The quantitative estimate of drug-likeness (QED) is 0.685. The Labute approximate surface area is 112 Å². The molecule has 0 aliphatic carbocycles. The van der Waals surface area contributed by atoms with Crippen molar-refractivity contribution in [1.82, 2.24) is 5.32 Å². The van der Waals surface area contributed by atoms with E-state index >= 15 is 0 Å². The minimum Gasteiger partial charge on any atom is -0.314 e. The van der Waals surface area contributed by atoms with Gasteiger partial charge in [0.05, 0.1) is 0 Å². The Bertz CT molecular complexity index is 358. The summed E-state index contributed by atoms with van der Waals surface area (Å²) < 4.78 is 0. The first-order valence-electron chi connectivity index (χ1n) is 7.03. The van der Waals surface area contributed by atoms with Crippen LogP contribution in [0.2, 0.25) is 0 Å². The van der Waals surface area contributed by atoms with E-state index in [0.29, 0.717) is 6.04 Å². The summed E-state index contributed by atoms with van der Waals surface area (Å²) in [4.78, 5) is 0. The van der Waals surface area contributed by atoms with Crippen molar-refractivity contribution in [2.24, 2.45) is 0 Å². The Morgan fingerprint density at radius 1 is 1.17 bits per heavy atom. The van der Waals surface area contributed by atoms with Crippen molar-refractivity contribution in [3.8, 4) is 11.8 Å². The first-order valence-corrected chi connectivity index (χ1v) is 7.03. The molecule has 98 valence electrons. The molecule has 0 amide bonds. The van der Waals surface area contributed by atoms with Crippen LogP contribution in [0.15, 0.2) is 30.3 Å². The van der Waals surface area contributed by atoms with Gasteiger partial charge >= 0.3 is 0 Å². The summed E-state index contributed by atoms with van der Waals surface area (Å²) >= 11 is 0. The average molecular weight is 243 g/mol. The number of benzene rings is 1. The zero-order chi connectivity index (χ0) is 13.1. The zero-order valence-corrected chi connectivity index (χ0v) is 11.7. The van der Waals surface area contributed by atoms with Crippen molar-refractivity contribution < 1.29 is 0 Å². The van der Waals surface area contributed by atoms with Gasteiger partial charge in [-0.1, -0.05) is 37.3 Å². The highest BCUT2D eigenvalue weighted by Gasteiger charge is 2.06. The third-order valence-corrected chi connectivity index (χ3v) is 3.10. The van der Waals surface area contributed by atoms with Crippen molar-refractivity contribution >= 4 is 0 Å². The van der Waals surface area contributed by atoms with Gasteiger partial charge in [0.15, 0.2) is 0 Å². The Morgan fingerprint density at radius 2 is 1.94 bits per heavy atom. The molecule has 0 aliphatic heterocycles. The van der Waals surface area contributed by atoms with E-state index in [9.17, 15) is 0 Å². The van der Waals surface area contributed by atoms with E-state index in [-0.39, 0.29) is 0 Å². The van der Waals surface area contributed by atoms with E-state index < -0.39 is 0 Å². The highest BCUT2D eigenvalue weighted by atomic mass is 14.9. The lowest BCUT2D eigenvalue weighted by Crippen LogP contribution is -2.30. The predicted molar refractivity (Wildman–Crippen MR) is 79.5 cm³/mol. The molecule has 0 saturated carbocycles. The third kappa shape index (κ3) is 6.47. The number of aryl methyl sites for hydroxylation is 1. The van der Waals surface area contributed by atoms with Gasteiger partial charge in [-0.3, -0.25) is 0 Å². The maximum Gasteiger partial charge on any atom is 0.0103 e. The van der Waals surface area contributed by atoms with Gasteiger partial charge in [0, 0.05) is 12.5 Å². The summed E-state index contributed by atoms with van der Waals surface area (Å²) in [5.41, 5.74) is 1.43. The predicted octanol–water partition coefficient (Wildman–Crippen LogP) is 3.79. The molecule has 0 spiro atoms. The van der Waals surface area contributed by atoms with Crippen LogP contribution in [0.4, 0.5) is 0 Å². The van der Waals surface area contributed by atoms with Crippen molar-refractivity contribution in [3.63, 3.8) is 0 Å². The fourth-order valence-corrected chi connectivity index (χ4v) is 2.05. The topological polar surface area (TPSA) is 12.0 Å². The Hall–Kier alpha value is -1.26. The van der Waals surface area contributed by atoms with Crippen LogP contribution in [0.25, 0.3) is 0 Å². The number of hydrogen-bond acceptors (Lipinski definition) is 1. The van der Waals surface area contributed by atoms with Crippen molar-refractivity contribution in [3.05, 3.63) is 35.9 Å². The van der Waals surface area contributed by atoms with Gasteiger partial charge in [0.2, 0.25) is 0 Å². The highest BCUT2D eigenvalue weighted by molar-refractivity contribution is 5.14. The molecule has 1 aromatic carbocycles. The standard InChI is InChI=1S/C17H25N/c1-3-5-7-12-17(18-15-4-2)14-13-16-10-8-6-9-11-16/h6,8-11,17-18H,4,7,12-15H2,1-2H3. The summed E-state index contributed by atoms with van der Waals surface area (Å²) in [5.74, 6) is 6.14. The molecule has 0 fully saturated rings. The maximum atomic E-state index is 3.63. The SMILES string of the molecule is CC#CCCC(CCc1ccccc1)NCCC. The summed E-state index contributed by atoms with van der Waals surface area (Å²) in [6.07, 6.45) is 5.72. The van der Waals surface area contributed by atoms with Crippen LogP contribution in [0.3, 0.4) is 0 Å². The first-order chi connectivity index (χ1) is 8.86. The number of hydrogen-bond donors (Lipinski definition) is 1. The Balaban J connectivity index is 2.36. The molecular weight excluding hydrogens is 218 g/mol. The fourth-order valence-electron chi connectivity index (χ4n) is 2.05. The summed E-state index contributed by atoms with van der Waals surface area (Å²) in [7, 11) is 0. The van der Waals surface area contributed by atoms with Crippen molar-refractivity contribution in [2.75, 3.05) is 6.54 Å². The third-order valence-electron chi connectivity index (χ3n) is 3.10. The molecule has 1 N–H and O–H groups in total. The van der Waals surface area contributed by atoms with E-state index in [2.05, 4.69) is 54.4 Å². The van der Waals surface area contributed by atoms with Crippen LogP contribution >= 0.6 is 0 Å². The monoisotopic (exact) mass is 243 g/mol. The molecule has 0 radical (unpaired) electrons. The Morgan fingerprint density at radius 3 is 2.61 bits per heavy atom. The normalized spacial score (nSPS) is 11.7. The van der Waals surface area contributed by atoms with Crippen LogP contribution in [0.5, 0.6) is 0 Å². The summed E-state index contributed by atoms with van der Waals surface area (Å²) in [6, 6.07) is 11.3. The van der Waals surface area contributed by atoms with Crippen LogP contribution in [0.1, 0.15) is 45.1 Å². The molecule has 0 saturated heterocycles. The van der Waals surface area contributed by atoms with Gasteiger partial charge in [0.1, 0.15) is 0 Å². The van der Waals surface area contributed by atoms with Crippen LogP contribution < -0.4 is 5.32 Å². The molecule has 1 rings (SSSR count). The minimum absolute atomic E-state index is 0.603. The van der Waals surface area contributed by atoms with E-state index in [4.69, 9.17) is 0 Å². The Kier molecular flexibility index (Phi) is 8.01. The van der Waals surface area contributed by atoms with Gasteiger partial charge in [-0.05, 0) is 44.7 Å². The summed E-state index contributed by atoms with van der Waals surface area (Å²) in [6.45, 7) is 5.24. The average Bonchev–Trinajstić information content (AvgIpc) is 2.42. The van der Waals surface area contributed by atoms with Crippen LogP contribution in [-0.4, -0.2) is 12.6 Å². The lowest BCUT2D eigenvalue weighted by Gasteiger charge is -2.17. The van der Waals surface area contributed by atoms with Gasteiger partial charge in [-0.15, -0.1) is 11.8 Å². The van der Waals surface area contributed by atoms with E-state index in [0.717, 1.165) is 25.8 Å². The molecular formula is C17H25N. The second-order valence-electron chi connectivity index (χ2n) is 4.64. The first kappa shape index (κ1) is 14.8. The smallest absolute Gasteiger partial charge is 0.0103 e. The van der Waals surface area contributed by atoms with Gasteiger partial charge in [-0.25, -0.2) is 0 Å². The van der Waals surface area contributed by atoms with Crippen LogP contribution in [0, 0.1) is 11.8 Å². The van der Waals surface area contributed by atoms with E-state index in [1.165, 1.54) is 18.4 Å². The largest absolute Gasteiger partial charge is 0.314 e. The molecule has 0 bridgehead atoms. The summed E-state index contributed by atoms with van der Waals surface area (Å²) in [5, 5.41) is 3.63. The lowest BCUT2D eigenvalue weighted by atomic mass is 10.0. The molecule has 1 atom stereocenters. The molecule has 1 aromatic rings. The second-order valence-corrected chi connectivity index (χ2v) is 4.64. The molecule has 1 heteroatoms. The molecule has 0 heterocycles. The molecule has 0 aliphatic rings. The number of rotatable bonds is 8. The maximum absolute atomic E-state index is 3.63. The molecule has 1 nitrogen and oxygen atoms in total. The van der Waals surface area contributed by atoms with E-state index in [1.54, 1.807) is 0 Å². The van der Waals surface area contributed by atoms with E-state index in [1.807, 2.05) is 6.92 Å². The minimum atomic E-state index is 0.603. The van der Waals surface area contributed by atoms with Gasteiger partial charge in [0.25, 0.3) is 0 Å². The van der Waals surface area contributed by atoms with Gasteiger partial charge in [-0.2, -0.15) is 0 Å². The lowest BCUT2D eigenvalue weighted by molar-refractivity contribution is 0.458. The van der Waals surface area contributed by atoms with Crippen molar-refractivity contribution in [2.45, 2.75) is 52.0 Å². The number of nitrogens with one attached hydrogen (secondary N) is 1. The van der Waals surface area contributed by atoms with Crippen LogP contribution in [-0.2, 0) is 6.42 Å². The zero-order valence-electron chi connectivity index (χ0n) is 11.7. The molecule has 1 unspecified atom stereocenters.